The summed E-state index contributed by atoms with van der Waals surface area (Å²) in [7, 11) is 1.70. The Balaban J connectivity index is 1.08. The Bertz CT molecular complexity index is 1360. The summed E-state index contributed by atoms with van der Waals surface area (Å²) in [5.74, 6) is 2.46. The predicted molar refractivity (Wildman–Crippen MR) is 159 cm³/mol. The number of nitrogens with one attached hydrogen (secondary N) is 1. The summed E-state index contributed by atoms with van der Waals surface area (Å²) in [5, 5.41) is 3.18. The van der Waals surface area contributed by atoms with Crippen molar-refractivity contribution in [3.63, 3.8) is 0 Å². The molecule has 2 aliphatic carbocycles. The van der Waals surface area contributed by atoms with Gasteiger partial charge in [0.25, 0.3) is 5.91 Å². The normalized spacial score (nSPS) is 24.2. The quantitative estimate of drug-likeness (QED) is 0.363. The molecule has 3 atom stereocenters. The minimum Gasteiger partial charge on any atom is -0.497 e. The maximum Gasteiger partial charge on any atom is 0.251 e. The Morgan fingerprint density at radius 2 is 1.87 bits per heavy atom. The Kier molecular flexibility index (Phi) is 7.01. The highest BCUT2D eigenvalue weighted by molar-refractivity contribution is 5.94. The molecule has 0 radical (unpaired) electrons. The Morgan fingerprint density at radius 1 is 1.08 bits per heavy atom. The number of carbonyl (C=O) groups excluding carboxylic acids is 1. The molecule has 1 N–H and O–H groups in total. The van der Waals surface area contributed by atoms with Gasteiger partial charge in [0.05, 0.1) is 7.11 Å². The molecule has 1 amide bonds. The lowest BCUT2D eigenvalue weighted by Gasteiger charge is -2.55. The second-order valence-corrected chi connectivity index (χ2v) is 12.4. The lowest BCUT2D eigenvalue weighted by atomic mass is 9.59. The van der Waals surface area contributed by atoms with Gasteiger partial charge in [-0.05, 0) is 120 Å². The molecule has 0 unspecified atom stereocenters. The van der Waals surface area contributed by atoms with Gasteiger partial charge in [0, 0.05) is 24.7 Å². The van der Waals surface area contributed by atoms with Crippen molar-refractivity contribution in [2.45, 2.75) is 64.3 Å². The van der Waals surface area contributed by atoms with Crippen molar-refractivity contribution in [1.82, 2.24) is 10.2 Å². The van der Waals surface area contributed by atoms with E-state index in [2.05, 4.69) is 79.5 Å². The van der Waals surface area contributed by atoms with Crippen LogP contribution in [-0.2, 0) is 18.3 Å². The second kappa shape index (κ2) is 10.5. The number of fused-ring (bicyclic) bond motifs is 4. The molecular formula is C35H42N2O2. The van der Waals surface area contributed by atoms with Crippen LogP contribution in [0.3, 0.4) is 0 Å². The van der Waals surface area contributed by atoms with Gasteiger partial charge in [-0.1, -0.05) is 50.2 Å². The number of aryl methyl sites for hydroxylation is 1. The average molecular weight is 523 g/mol. The van der Waals surface area contributed by atoms with Crippen LogP contribution in [0.1, 0.15) is 65.7 Å². The zero-order valence-corrected chi connectivity index (χ0v) is 23.9. The van der Waals surface area contributed by atoms with Gasteiger partial charge in [0.2, 0.25) is 0 Å². The lowest BCUT2D eigenvalue weighted by Crippen LogP contribution is -2.58. The molecule has 6 rings (SSSR count). The summed E-state index contributed by atoms with van der Waals surface area (Å²) in [4.78, 5) is 15.9. The van der Waals surface area contributed by atoms with Crippen molar-refractivity contribution < 1.29 is 9.53 Å². The first kappa shape index (κ1) is 26.1. The van der Waals surface area contributed by atoms with Gasteiger partial charge >= 0.3 is 0 Å². The molecule has 204 valence electrons. The number of methoxy groups -OCH3 is 1. The first-order valence-corrected chi connectivity index (χ1v) is 14.8. The minimum absolute atomic E-state index is 0.0350. The van der Waals surface area contributed by atoms with Crippen molar-refractivity contribution in [2.24, 2.45) is 11.8 Å². The molecular weight excluding hydrogens is 480 g/mol. The summed E-state index contributed by atoms with van der Waals surface area (Å²) in [5.41, 5.74) is 8.64. The molecule has 1 saturated carbocycles. The predicted octanol–water partition coefficient (Wildman–Crippen LogP) is 6.58. The zero-order chi connectivity index (χ0) is 27.1. The van der Waals surface area contributed by atoms with Crippen LogP contribution in [0, 0.1) is 18.8 Å². The molecule has 3 aromatic rings. The maximum absolute atomic E-state index is 13.2. The molecule has 3 aromatic carbocycles. The van der Waals surface area contributed by atoms with E-state index in [1.807, 2.05) is 12.1 Å². The number of likely N-dealkylation sites (tertiary alicyclic amines) is 1. The zero-order valence-electron chi connectivity index (χ0n) is 23.9. The number of amides is 1. The van der Waals surface area contributed by atoms with Crippen LogP contribution >= 0.6 is 0 Å². The van der Waals surface area contributed by atoms with Gasteiger partial charge in [0.15, 0.2) is 0 Å². The van der Waals surface area contributed by atoms with Crippen LogP contribution in [0.2, 0.25) is 0 Å². The number of carbonyl (C=O) groups is 1. The molecule has 3 aliphatic rings. The molecule has 2 bridgehead atoms. The van der Waals surface area contributed by atoms with E-state index in [1.165, 1.54) is 65.7 Å². The Labute approximate surface area is 233 Å². The smallest absolute Gasteiger partial charge is 0.251 e. The number of nitrogens with zero attached hydrogens (tertiary/aromatic N) is 1. The molecule has 39 heavy (non-hydrogen) atoms. The van der Waals surface area contributed by atoms with E-state index in [4.69, 9.17) is 4.74 Å². The van der Waals surface area contributed by atoms with Crippen LogP contribution in [0.4, 0.5) is 0 Å². The first-order chi connectivity index (χ1) is 18.9. The fourth-order valence-corrected chi connectivity index (χ4v) is 7.07. The van der Waals surface area contributed by atoms with Crippen molar-refractivity contribution in [2.75, 3.05) is 26.7 Å². The molecule has 1 heterocycles. The van der Waals surface area contributed by atoms with E-state index in [0.29, 0.717) is 18.5 Å². The fraction of sp³-hybridized carbons (Fsp3) is 0.457. The van der Waals surface area contributed by atoms with E-state index in [-0.39, 0.29) is 11.3 Å². The Morgan fingerprint density at radius 3 is 2.59 bits per heavy atom. The summed E-state index contributed by atoms with van der Waals surface area (Å²) >= 11 is 0. The number of benzene rings is 3. The molecule has 4 nitrogen and oxygen atoms in total. The number of hydrogen-bond donors (Lipinski definition) is 1. The van der Waals surface area contributed by atoms with Gasteiger partial charge in [-0.25, -0.2) is 0 Å². The number of ether oxygens (including phenoxy) is 1. The van der Waals surface area contributed by atoms with E-state index in [1.54, 1.807) is 7.11 Å². The standard InChI is InChI=1S/C35H42N2O2/c1-23-19-30(39-4)13-14-31(23)27-9-7-25(8-10-27)15-17-36-34(38)29-12-11-28-21-33-24(2)35(3,32(28)20-29)16-18-37(33)22-26-5-6-26/h7-14,19-20,24,26,33H,5-6,15-18,21-22H2,1-4H3,(H,36,38)/t24-,33+,35+/m0/s1. The third kappa shape index (κ3) is 5.12. The van der Waals surface area contributed by atoms with Gasteiger partial charge in [0.1, 0.15) is 5.75 Å². The summed E-state index contributed by atoms with van der Waals surface area (Å²) in [6, 6.07) is 22.0. The molecule has 1 saturated heterocycles. The summed E-state index contributed by atoms with van der Waals surface area (Å²) in [6.07, 6.45) is 5.94. The number of rotatable bonds is 8. The van der Waals surface area contributed by atoms with E-state index >= 15 is 0 Å². The van der Waals surface area contributed by atoms with Crippen LogP contribution in [0.15, 0.2) is 60.7 Å². The highest BCUT2D eigenvalue weighted by Crippen LogP contribution is 2.49. The number of piperidine rings is 1. The van der Waals surface area contributed by atoms with E-state index < -0.39 is 0 Å². The molecule has 0 spiro atoms. The van der Waals surface area contributed by atoms with Gasteiger partial charge in [-0.2, -0.15) is 0 Å². The lowest BCUT2D eigenvalue weighted by molar-refractivity contribution is 0.0284. The van der Waals surface area contributed by atoms with Gasteiger partial charge in [-0.3, -0.25) is 9.69 Å². The van der Waals surface area contributed by atoms with Crippen molar-refractivity contribution in [1.29, 1.82) is 0 Å². The average Bonchev–Trinajstić information content (AvgIpc) is 3.77. The summed E-state index contributed by atoms with van der Waals surface area (Å²) < 4.78 is 5.34. The van der Waals surface area contributed by atoms with Crippen LogP contribution in [0.25, 0.3) is 11.1 Å². The largest absolute Gasteiger partial charge is 0.497 e. The first-order valence-electron chi connectivity index (χ1n) is 14.8. The van der Waals surface area contributed by atoms with Gasteiger partial charge in [-0.15, -0.1) is 0 Å². The monoisotopic (exact) mass is 522 g/mol. The highest BCUT2D eigenvalue weighted by atomic mass is 16.5. The fourth-order valence-electron chi connectivity index (χ4n) is 7.07. The molecule has 1 aliphatic heterocycles. The second-order valence-electron chi connectivity index (χ2n) is 12.4. The molecule has 4 heteroatoms. The van der Waals surface area contributed by atoms with Crippen LogP contribution in [-0.4, -0.2) is 43.6 Å². The van der Waals surface area contributed by atoms with Crippen molar-refractivity contribution in [3.8, 4) is 16.9 Å². The van der Waals surface area contributed by atoms with Crippen LogP contribution in [0.5, 0.6) is 5.75 Å². The Hall–Kier alpha value is -3.11. The van der Waals surface area contributed by atoms with Crippen molar-refractivity contribution >= 4 is 5.91 Å². The minimum atomic E-state index is 0.0350. The topological polar surface area (TPSA) is 41.6 Å². The van der Waals surface area contributed by atoms with Crippen molar-refractivity contribution in [3.05, 3.63) is 88.5 Å². The third-order valence-electron chi connectivity index (χ3n) is 9.97. The van der Waals surface area contributed by atoms with Crippen LogP contribution < -0.4 is 10.1 Å². The third-order valence-corrected chi connectivity index (χ3v) is 9.97. The summed E-state index contributed by atoms with van der Waals surface area (Å²) in [6.45, 7) is 10.1. The molecule has 2 fully saturated rings. The number of hydrogen-bond acceptors (Lipinski definition) is 3. The van der Waals surface area contributed by atoms with E-state index in [9.17, 15) is 4.79 Å². The SMILES string of the molecule is COc1ccc(-c2ccc(CCNC(=O)c3ccc4c(c3)[C@]3(C)CCN(CC5CC5)[C@H](C4)[C@@H]3C)cc2)c(C)c1. The van der Waals surface area contributed by atoms with Gasteiger partial charge < -0.3 is 10.1 Å². The molecule has 0 aromatic heterocycles. The van der Waals surface area contributed by atoms with E-state index in [0.717, 1.165) is 30.1 Å². The maximum atomic E-state index is 13.2. The highest BCUT2D eigenvalue weighted by Gasteiger charge is 2.49.